The summed E-state index contributed by atoms with van der Waals surface area (Å²) in [5, 5.41) is 0. The van der Waals surface area contributed by atoms with E-state index in [2.05, 4.69) is 32.9 Å². The van der Waals surface area contributed by atoms with Gasteiger partial charge in [-0.25, -0.2) is 9.46 Å². The molecule has 0 bridgehead atoms. The summed E-state index contributed by atoms with van der Waals surface area (Å²) in [6.07, 6.45) is 10.5. The number of aromatic nitrogens is 2. The number of halogens is 1. The summed E-state index contributed by atoms with van der Waals surface area (Å²) in [5.74, 6) is -1.95. The van der Waals surface area contributed by atoms with Crippen LogP contribution in [0.2, 0.25) is 0 Å². The van der Waals surface area contributed by atoms with Gasteiger partial charge >= 0.3 is 5.69 Å². The average Bonchev–Trinajstić information content (AvgIpc) is 3.53. The zero-order chi connectivity index (χ0) is 36.5. The molecule has 5 atom stereocenters. The van der Waals surface area contributed by atoms with E-state index in [1.54, 1.807) is 6.08 Å². The Kier molecular flexibility index (Phi) is 16.1. The standard InChI is InChI=1S/C37H61FN3O7P/c1-11-20-37(21-12-2)47-32-31(24-45-49(44)41(26(5)6)27(7)8)46-35(33(32)48-37)40-23-30(38)34(42)39(36(40)43)22-19-29(10)18-14-17-28(9)16-13-15-25(3)4/h15,17,19,23,26-27,31-33,35,44H,11-14,16,18,20-22,24H2,1-10H3/b28-17+,29-19+/t31-,32-,33-,35-,49?/m1/s1. The van der Waals surface area contributed by atoms with Gasteiger partial charge in [0.2, 0.25) is 5.82 Å². The van der Waals surface area contributed by atoms with Crippen LogP contribution in [-0.4, -0.2) is 61.5 Å². The van der Waals surface area contributed by atoms with Gasteiger partial charge in [0, 0.05) is 31.5 Å². The largest absolute Gasteiger partial charge is 0.346 e. The number of nitrogens with zero attached hydrogens (tertiary/aromatic N) is 3. The van der Waals surface area contributed by atoms with Gasteiger partial charge in [-0.15, -0.1) is 0 Å². The second-order valence-electron chi connectivity index (χ2n) is 14.3. The molecule has 0 aliphatic carbocycles. The molecule has 1 unspecified atom stereocenters. The van der Waals surface area contributed by atoms with Crippen LogP contribution in [-0.2, 0) is 25.3 Å². The van der Waals surface area contributed by atoms with E-state index >= 15 is 4.39 Å². The first-order chi connectivity index (χ1) is 23.1. The van der Waals surface area contributed by atoms with E-state index in [1.165, 1.54) is 11.1 Å². The highest BCUT2D eigenvalue weighted by Crippen LogP contribution is 2.48. The van der Waals surface area contributed by atoms with Gasteiger partial charge in [-0.1, -0.05) is 61.6 Å². The number of hydrogen-bond acceptors (Lipinski definition) is 8. The monoisotopic (exact) mass is 709 g/mol. The highest BCUT2D eigenvalue weighted by atomic mass is 31.2. The zero-order valence-electron chi connectivity index (χ0n) is 31.4. The fourth-order valence-corrected chi connectivity index (χ4v) is 7.90. The van der Waals surface area contributed by atoms with Gasteiger partial charge in [-0.3, -0.25) is 13.9 Å². The summed E-state index contributed by atoms with van der Waals surface area (Å²) in [6, 6.07) is 0.0970. The van der Waals surface area contributed by atoms with Gasteiger partial charge in [0.25, 0.3) is 14.1 Å². The third kappa shape index (κ3) is 11.0. The predicted octanol–water partition coefficient (Wildman–Crippen LogP) is 7.90. The molecule has 278 valence electrons. The van der Waals surface area contributed by atoms with E-state index in [0.717, 1.165) is 59.4 Å². The quantitative estimate of drug-likeness (QED) is 0.114. The second kappa shape index (κ2) is 19.0. The SMILES string of the molecule is CCCC1(CCC)O[C@@H]2[C@H](O1)[C@@H](COP(O)N(C(C)C)C(C)C)O[C@H]2n1cc(F)c(=O)n(C/C=C(\C)CC/C=C(\C)CCC=C(C)C)c1=O. The van der Waals surface area contributed by atoms with E-state index < -0.39 is 55.9 Å². The van der Waals surface area contributed by atoms with Crippen LogP contribution >= 0.6 is 8.53 Å². The molecule has 2 saturated heterocycles. The molecule has 0 aromatic carbocycles. The molecule has 2 fully saturated rings. The number of allylic oxidation sites excluding steroid dienone is 6. The van der Waals surface area contributed by atoms with E-state index in [9.17, 15) is 14.5 Å². The number of fused-ring (bicyclic) bond motifs is 1. The molecule has 3 heterocycles. The van der Waals surface area contributed by atoms with Crippen molar-refractivity contribution >= 4 is 8.53 Å². The number of ether oxygens (including phenoxy) is 3. The smallest absolute Gasteiger partial charge is 0.333 e. The summed E-state index contributed by atoms with van der Waals surface area (Å²) in [5.41, 5.74) is 1.95. The molecule has 2 aliphatic heterocycles. The lowest BCUT2D eigenvalue weighted by Crippen LogP contribution is -2.44. The van der Waals surface area contributed by atoms with Gasteiger partial charge in [-0.05, 0) is 81.1 Å². The van der Waals surface area contributed by atoms with Crippen LogP contribution in [0.3, 0.4) is 0 Å². The maximum atomic E-state index is 15.3. The second-order valence-corrected chi connectivity index (χ2v) is 15.5. The Morgan fingerprint density at radius 1 is 0.980 bits per heavy atom. The minimum Gasteiger partial charge on any atom is -0.346 e. The van der Waals surface area contributed by atoms with Crippen LogP contribution in [0.25, 0.3) is 0 Å². The summed E-state index contributed by atoms with van der Waals surface area (Å²) in [4.78, 5) is 37.8. The fourth-order valence-electron chi connectivity index (χ4n) is 6.70. The van der Waals surface area contributed by atoms with Crippen molar-refractivity contribution in [1.82, 2.24) is 13.8 Å². The van der Waals surface area contributed by atoms with Crippen molar-refractivity contribution in [3.8, 4) is 0 Å². The molecule has 1 aromatic heterocycles. The maximum absolute atomic E-state index is 15.3. The van der Waals surface area contributed by atoms with E-state index in [4.69, 9.17) is 18.7 Å². The Morgan fingerprint density at radius 3 is 2.12 bits per heavy atom. The minimum atomic E-state index is -1.94. The van der Waals surface area contributed by atoms with Crippen molar-refractivity contribution in [3.63, 3.8) is 0 Å². The van der Waals surface area contributed by atoms with Crippen molar-refractivity contribution in [3.05, 3.63) is 67.8 Å². The Hall–Kier alpha value is -1.98. The molecule has 0 saturated carbocycles. The van der Waals surface area contributed by atoms with Crippen LogP contribution in [0.1, 0.15) is 127 Å². The first-order valence-electron chi connectivity index (χ1n) is 18.0. The van der Waals surface area contributed by atoms with Crippen LogP contribution in [0.5, 0.6) is 0 Å². The van der Waals surface area contributed by atoms with Crippen LogP contribution in [0.4, 0.5) is 4.39 Å². The summed E-state index contributed by atoms with van der Waals surface area (Å²) in [6.45, 7) is 20.2. The van der Waals surface area contributed by atoms with Crippen molar-refractivity contribution in [2.75, 3.05) is 6.61 Å². The molecule has 12 heteroatoms. The molecule has 1 N–H and O–H groups in total. The Balaban J connectivity index is 1.86. The van der Waals surface area contributed by atoms with Gasteiger partial charge in [-0.2, -0.15) is 4.39 Å². The highest BCUT2D eigenvalue weighted by molar-refractivity contribution is 7.43. The Bertz CT molecular complexity index is 1420. The van der Waals surface area contributed by atoms with Gasteiger partial charge < -0.3 is 23.6 Å². The topological polar surface area (TPSA) is 104 Å². The normalized spacial score (nSPS) is 23.2. The molecular weight excluding hydrogens is 648 g/mol. The van der Waals surface area contributed by atoms with Gasteiger partial charge in [0.05, 0.1) is 12.8 Å². The van der Waals surface area contributed by atoms with E-state index in [0.29, 0.717) is 12.8 Å². The molecule has 0 radical (unpaired) electrons. The van der Waals surface area contributed by atoms with Crippen molar-refractivity contribution < 1.29 is 28.0 Å². The van der Waals surface area contributed by atoms with E-state index in [1.807, 2.05) is 53.1 Å². The molecule has 2 aliphatic rings. The molecule has 0 spiro atoms. The summed E-state index contributed by atoms with van der Waals surface area (Å²) >= 11 is 0. The predicted molar refractivity (Wildman–Crippen MR) is 194 cm³/mol. The first kappa shape index (κ1) is 41.4. The number of hydrogen-bond donors (Lipinski definition) is 1. The van der Waals surface area contributed by atoms with Gasteiger partial charge in [0.1, 0.15) is 18.3 Å². The van der Waals surface area contributed by atoms with Crippen LogP contribution in [0.15, 0.2) is 50.7 Å². The van der Waals surface area contributed by atoms with Crippen LogP contribution < -0.4 is 11.2 Å². The fraction of sp³-hybridized carbons (Fsp3) is 0.730. The highest BCUT2D eigenvalue weighted by Gasteiger charge is 2.58. The molecule has 0 amide bonds. The van der Waals surface area contributed by atoms with Crippen molar-refractivity contribution in [1.29, 1.82) is 0 Å². The number of rotatable bonds is 19. The van der Waals surface area contributed by atoms with E-state index in [-0.39, 0.29) is 25.2 Å². The molecule has 49 heavy (non-hydrogen) atoms. The third-order valence-electron chi connectivity index (χ3n) is 9.03. The van der Waals surface area contributed by atoms with Crippen molar-refractivity contribution in [2.45, 2.75) is 170 Å². The first-order valence-corrected chi connectivity index (χ1v) is 19.2. The Morgan fingerprint density at radius 2 is 1.55 bits per heavy atom. The Labute approximate surface area is 293 Å². The lowest BCUT2D eigenvalue weighted by Gasteiger charge is -2.34. The molecule has 1 aromatic rings. The van der Waals surface area contributed by atoms with Crippen molar-refractivity contribution in [2.24, 2.45) is 0 Å². The molecule has 3 rings (SSSR count). The third-order valence-corrected chi connectivity index (χ3v) is 10.7. The van der Waals surface area contributed by atoms with Crippen LogP contribution in [0, 0.1) is 5.82 Å². The average molecular weight is 710 g/mol. The zero-order valence-corrected chi connectivity index (χ0v) is 32.3. The molecule has 10 nitrogen and oxygen atoms in total. The molecular formula is C37H61FN3O7P. The summed E-state index contributed by atoms with van der Waals surface area (Å²) in [7, 11) is -1.94. The minimum absolute atomic E-state index is 0.0187. The summed E-state index contributed by atoms with van der Waals surface area (Å²) < 4.78 is 44.7. The maximum Gasteiger partial charge on any atom is 0.333 e. The van der Waals surface area contributed by atoms with Gasteiger partial charge in [0.15, 0.2) is 12.0 Å². The lowest BCUT2D eigenvalue weighted by atomic mass is 10.1. The lowest BCUT2D eigenvalue weighted by molar-refractivity contribution is -0.226.